The fourth-order valence-corrected chi connectivity index (χ4v) is 3.70. The highest BCUT2D eigenvalue weighted by Gasteiger charge is 2.13. The molecule has 0 aliphatic carbocycles. The zero-order valence-corrected chi connectivity index (χ0v) is 13.5. The molecule has 1 aromatic heterocycles. The Labute approximate surface area is 129 Å². The highest BCUT2D eigenvalue weighted by molar-refractivity contribution is 7.89. The molecule has 0 bridgehead atoms. The summed E-state index contributed by atoms with van der Waals surface area (Å²) in [6.07, 6.45) is 1.35. The zero-order valence-electron chi connectivity index (χ0n) is 11.9. The number of benzene rings is 1. The number of rotatable bonds is 7. The third-order valence-electron chi connectivity index (χ3n) is 2.96. The van der Waals surface area contributed by atoms with Gasteiger partial charge in [0.25, 0.3) is 0 Å². The predicted molar refractivity (Wildman–Crippen MR) is 84.9 cm³/mol. The van der Waals surface area contributed by atoms with Gasteiger partial charge in [-0.3, -0.25) is 0 Å². The Balaban J connectivity index is 1.94. The normalized spacial score (nSPS) is 11.7. The number of aryl methyl sites for hydroxylation is 1. The average molecular weight is 325 g/mol. The van der Waals surface area contributed by atoms with Crippen molar-refractivity contribution in [3.8, 4) is 0 Å². The molecule has 0 amide bonds. The molecule has 0 atom stereocenters. The Hall–Kier alpha value is -1.28. The highest BCUT2D eigenvalue weighted by atomic mass is 32.2. The van der Waals surface area contributed by atoms with Crippen LogP contribution in [-0.4, -0.2) is 26.5 Å². The molecule has 7 heteroatoms. The third kappa shape index (κ3) is 4.60. The van der Waals surface area contributed by atoms with Crippen LogP contribution in [0.2, 0.25) is 0 Å². The van der Waals surface area contributed by atoms with Crippen molar-refractivity contribution >= 4 is 21.4 Å². The molecule has 5 nitrogen and oxygen atoms in total. The molecule has 0 saturated carbocycles. The van der Waals surface area contributed by atoms with Crippen LogP contribution in [0.1, 0.15) is 16.3 Å². The van der Waals surface area contributed by atoms with Gasteiger partial charge in [0.1, 0.15) is 0 Å². The minimum absolute atomic E-state index is 0.276. The highest BCUT2D eigenvalue weighted by Crippen LogP contribution is 2.12. The van der Waals surface area contributed by atoms with Crippen LogP contribution in [0.15, 0.2) is 34.5 Å². The summed E-state index contributed by atoms with van der Waals surface area (Å²) in [5.41, 5.74) is 7.47. The molecule has 114 valence electrons. The van der Waals surface area contributed by atoms with E-state index in [0.29, 0.717) is 19.5 Å². The first-order chi connectivity index (χ1) is 10.0. The summed E-state index contributed by atoms with van der Waals surface area (Å²) in [5, 5.41) is 2.90. The van der Waals surface area contributed by atoms with Crippen LogP contribution >= 0.6 is 11.3 Å². The van der Waals surface area contributed by atoms with Crippen LogP contribution in [0.5, 0.6) is 0 Å². The van der Waals surface area contributed by atoms with Gasteiger partial charge in [-0.15, -0.1) is 11.3 Å². The molecule has 0 aliphatic rings. The fraction of sp³-hybridized carbons (Fsp3) is 0.357. The Kier molecular flexibility index (Phi) is 5.46. The summed E-state index contributed by atoms with van der Waals surface area (Å²) in [6, 6.07) is 6.82. The molecular formula is C14H19N3O2S2. The van der Waals surface area contributed by atoms with Gasteiger partial charge in [-0.2, -0.15) is 0 Å². The Morgan fingerprint density at radius 3 is 2.52 bits per heavy atom. The summed E-state index contributed by atoms with van der Waals surface area (Å²) in [5.74, 6) is 0. The molecule has 0 spiro atoms. The average Bonchev–Trinajstić information content (AvgIpc) is 2.85. The van der Waals surface area contributed by atoms with Crippen LogP contribution in [0.25, 0.3) is 0 Å². The predicted octanol–water partition coefficient (Wildman–Crippen LogP) is 1.47. The lowest BCUT2D eigenvalue weighted by molar-refractivity contribution is 0.581. The number of nitrogens with zero attached hydrogens (tertiary/aromatic N) is 1. The van der Waals surface area contributed by atoms with E-state index in [2.05, 4.69) is 9.71 Å². The van der Waals surface area contributed by atoms with Gasteiger partial charge in [0.05, 0.1) is 9.90 Å². The molecule has 0 radical (unpaired) electrons. The number of thiazole rings is 1. The van der Waals surface area contributed by atoms with E-state index >= 15 is 0 Å². The number of sulfonamides is 1. The van der Waals surface area contributed by atoms with E-state index in [1.54, 1.807) is 35.6 Å². The fourth-order valence-electron chi connectivity index (χ4n) is 1.90. The molecule has 0 aliphatic heterocycles. The Morgan fingerprint density at radius 1 is 1.24 bits per heavy atom. The molecule has 0 fully saturated rings. The lowest BCUT2D eigenvalue weighted by Crippen LogP contribution is -2.26. The van der Waals surface area contributed by atoms with Gasteiger partial charge in [-0.05, 0) is 37.6 Å². The van der Waals surface area contributed by atoms with E-state index in [-0.39, 0.29) is 4.90 Å². The zero-order chi connectivity index (χ0) is 15.3. The van der Waals surface area contributed by atoms with Crippen molar-refractivity contribution in [2.24, 2.45) is 5.73 Å². The summed E-state index contributed by atoms with van der Waals surface area (Å²) in [7, 11) is -3.46. The quantitative estimate of drug-likeness (QED) is 0.807. The van der Waals surface area contributed by atoms with Crippen molar-refractivity contribution in [1.29, 1.82) is 0 Å². The van der Waals surface area contributed by atoms with Gasteiger partial charge < -0.3 is 5.73 Å². The first-order valence-electron chi connectivity index (χ1n) is 6.71. The maximum Gasteiger partial charge on any atom is 0.240 e. The molecular weight excluding hydrogens is 306 g/mol. The first kappa shape index (κ1) is 16.1. The lowest BCUT2D eigenvalue weighted by atomic mass is 10.2. The van der Waals surface area contributed by atoms with Crippen molar-refractivity contribution in [1.82, 2.24) is 9.71 Å². The monoisotopic (exact) mass is 325 g/mol. The maximum absolute atomic E-state index is 12.1. The topological polar surface area (TPSA) is 85.1 Å². The summed E-state index contributed by atoms with van der Waals surface area (Å²) >= 11 is 1.55. The Bertz CT molecular complexity index is 678. The maximum atomic E-state index is 12.1. The van der Waals surface area contributed by atoms with Crippen molar-refractivity contribution in [2.45, 2.75) is 24.7 Å². The minimum atomic E-state index is -3.46. The van der Waals surface area contributed by atoms with Crippen LogP contribution < -0.4 is 10.5 Å². The van der Waals surface area contributed by atoms with E-state index in [9.17, 15) is 8.42 Å². The van der Waals surface area contributed by atoms with E-state index in [1.807, 2.05) is 12.3 Å². The number of hydrogen-bond donors (Lipinski definition) is 2. The molecule has 2 aromatic rings. The largest absolute Gasteiger partial charge is 0.330 e. The molecule has 2 rings (SSSR count). The third-order valence-corrected chi connectivity index (χ3v) is 5.47. The van der Waals surface area contributed by atoms with Crippen molar-refractivity contribution < 1.29 is 8.42 Å². The van der Waals surface area contributed by atoms with E-state index in [1.165, 1.54) is 0 Å². The van der Waals surface area contributed by atoms with Crippen LogP contribution in [0.4, 0.5) is 0 Å². The van der Waals surface area contributed by atoms with Crippen molar-refractivity contribution in [3.63, 3.8) is 0 Å². The van der Waals surface area contributed by atoms with Crippen molar-refractivity contribution in [2.75, 3.05) is 13.1 Å². The van der Waals surface area contributed by atoms with E-state index in [4.69, 9.17) is 5.73 Å². The summed E-state index contributed by atoms with van der Waals surface area (Å²) in [6.45, 7) is 2.82. The SMILES string of the molecule is Cc1csc(CCNS(=O)(=O)c2ccc(CCN)cc2)n1. The second-order valence-corrected chi connectivity index (χ2v) is 7.42. The van der Waals surface area contributed by atoms with Gasteiger partial charge in [-0.25, -0.2) is 18.1 Å². The van der Waals surface area contributed by atoms with Gasteiger partial charge in [0.15, 0.2) is 0 Å². The summed E-state index contributed by atoms with van der Waals surface area (Å²) in [4.78, 5) is 4.58. The standard InChI is InChI=1S/C14H19N3O2S2/c1-11-10-20-14(17-11)7-9-16-21(18,19)13-4-2-12(3-5-13)6-8-15/h2-5,10,16H,6-9,15H2,1H3. The molecule has 1 heterocycles. The smallest absolute Gasteiger partial charge is 0.240 e. The lowest BCUT2D eigenvalue weighted by Gasteiger charge is -2.07. The number of aromatic nitrogens is 1. The summed E-state index contributed by atoms with van der Waals surface area (Å²) < 4.78 is 26.9. The molecule has 3 N–H and O–H groups in total. The molecule has 0 saturated heterocycles. The second kappa shape index (κ2) is 7.13. The van der Waals surface area contributed by atoms with Gasteiger partial charge in [0.2, 0.25) is 10.0 Å². The number of nitrogens with one attached hydrogen (secondary N) is 1. The molecule has 1 aromatic carbocycles. The first-order valence-corrected chi connectivity index (χ1v) is 9.07. The van der Waals surface area contributed by atoms with Gasteiger partial charge in [-0.1, -0.05) is 12.1 Å². The number of nitrogens with two attached hydrogens (primary N) is 1. The minimum Gasteiger partial charge on any atom is -0.330 e. The number of hydrogen-bond acceptors (Lipinski definition) is 5. The van der Waals surface area contributed by atoms with Gasteiger partial charge >= 0.3 is 0 Å². The van der Waals surface area contributed by atoms with Crippen LogP contribution in [0, 0.1) is 6.92 Å². The second-order valence-electron chi connectivity index (χ2n) is 4.71. The van der Waals surface area contributed by atoms with Crippen LogP contribution in [0.3, 0.4) is 0 Å². The molecule has 0 unspecified atom stereocenters. The van der Waals surface area contributed by atoms with E-state index in [0.717, 1.165) is 22.7 Å². The van der Waals surface area contributed by atoms with E-state index < -0.39 is 10.0 Å². The Morgan fingerprint density at radius 2 is 1.95 bits per heavy atom. The van der Waals surface area contributed by atoms with Gasteiger partial charge in [0, 0.05) is 24.0 Å². The van der Waals surface area contributed by atoms with Crippen molar-refractivity contribution in [3.05, 3.63) is 45.9 Å². The molecule has 21 heavy (non-hydrogen) atoms. The van der Waals surface area contributed by atoms with Crippen LogP contribution in [-0.2, 0) is 22.9 Å².